The first kappa shape index (κ1) is 16.4. The van der Waals surface area contributed by atoms with Crippen molar-refractivity contribution >= 4 is 11.8 Å². The molecule has 108 valence electrons. The molecule has 3 atom stereocenters. The lowest BCUT2D eigenvalue weighted by Gasteiger charge is -2.27. The van der Waals surface area contributed by atoms with Crippen LogP contribution in [0.2, 0.25) is 0 Å². The number of thioether (sulfide) groups is 1. The maximum absolute atomic E-state index is 5.21. The summed E-state index contributed by atoms with van der Waals surface area (Å²) < 4.78 is 5.21. The Hall–Kier alpha value is -0.670. The maximum Gasteiger partial charge on any atom is 0.118 e. The molecule has 0 saturated carbocycles. The van der Waals surface area contributed by atoms with Gasteiger partial charge in [0.05, 0.1) is 7.11 Å². The second kappa shape index (κ2) is 7.81. The maximum atomic E-state index is 5.21. The van der Waals surface area contributed by atoms with Gasteiger partial charge >= 0.3 is 0 Å². The van der Waals surface area contributed by atoms with E-state index < -0.39 is 0 Å². The number of hydrogen-bond acceptors (Lipinski definition) is 3. The van der Waals surface area contributed by atoms with Gasteiger partial charge in [0.1, 0.15) is 5.75 Å². The normalized spacial score (nSPS) is 16.2. The molecule has 0 spiro atoms. The van der Waals surface area contributed by atoms with Gasteiger partial charge < -0.3 is 10.1 Å². The van der Waals surface area contributed by atoms with Crippen LogP contribution in [0, 0.1) is 5.92 Å². The Morgan fingerprint density at radius 1 is 1.00 bits per heavy atom. The zero-order chi connectivity index (χ0) is 14.4. The summed E-state index contributed by atoms with van der Waals surface area (Å²) in [5.74, 6) is 1.62. The molecule has 0 saturated heterocycles. The van der Waals surface area contributed by atoms with E-state index in [1.165, 1.54) is 5.56 Å². The number of hydrogen-bond donors (Lipinski definition) is 1. The van der Waals surface area contributed by atoms with Crippen molar-refractivity contribution < 1.29 is 4.74 Å². The molecule has 0 bridgehead atoms. The van der Waals surface area contributed by atoms with Gasteiger partial charge in [-0.2, -0.15) is 11.8 Å². The largest absolute Gasteiger partial charge is 0.497 e. The Morgan fingerprint density at radius 3 is 2.00 bits per heavy atom. The predicted octanol–water partition coefficient (Wildman–Crippen LogP) is 4.12. The van der Waals surface area contributed by atoms with Gasteiger partial charge in [-0.3, -0.25) is 0 Å². The van der Waals surface area contributed by atoms with E-state index in [1.54, 1.807) is 7.11 Å². The molecule has 2 nitrogen and oxygen atoms in total. The molecule has 3 heteroatoms. The highest BCUT2D eigenvalue weighted by atomic mass is 32.2. The summed E-state index contributed by atoms with van der Waals surface area (Å²) in [7, 11) is 3.74. The quantitative estimate of drug-likeness (QED) is 0.812. The lowest BCUT2D eigenvalue weighted by atomic mass is 10.0. The Bertz CT molecular complexity index is 364. The molecule has 1 aromatic carbocycles. The van der Waals surface area contributed by atoms with Gasteiger partial charge in [0, 0.05) is 16.5 Å². The zero-order valence-corrected chi connectivity index (χ0v) is 13.8. The van der Waals surface area contributed by atoms with Crippen molar-refractivity contribution in [3.8, 4) is 5.75 Å². The molecule has 0 radical (unpaired) electrons. The third-order valence-electron chi connectivity index (χ3n) is 3.62. The van der Waals surface area contributed by atoms with Crippen LogP contribution in [-0.4, -0.2) is 24.7 Å². The summed E-state index contributed by atoms with van der Waals surface area (Å²) in [5.41, 5.74) is 1.32. The van der Waals surface area contributed by atoms with Crippen LogP contribution in [0.25, 0.3) is 0 Å². The predicted molar refractivity (Wildman–Crippen MR) is 86.1 cm³/mol. The summed E-state index contributed by atoms with van der Waals surface area (Å²) in [6.45, 7) is 9.18. The summed E-state index contributed by atoms with van der Waals surface area (Å²) >= 11 is 2.05. The van der Waals surface area contributed by atoms with E-state index in [9.17, 15) is 0 Å². The molecule has 19 heavy (non-hydrogen) atoms. The molecule has 1 aromatic rings. The van der Waals surface area contributed by atoms with E-state index in [4.69, 9.17) is 4.74 Å². The van der Waals surface area contributed by atoms with E-state index in [-0.39, 0.29) is 0 Å². The van der Waals surface area contributed by atoms with Gasteiger partial charge in [-0.15, -0.1) is 0 Å². The Labute approximate surface area is 122 Å². The first-order valence-electron chi connectivity index (χ1n) is 6.96. The number of benzene rings is 1. The van der Waals surface area contributed by atoms with Crippen LogP contribution in [0.1, 0.15) is 39.3 Å². The van der Waals surface area contributed by atoms with Crippen LogP contribution < -0.4 is 10.1 Å². The summed E-state index contributed by atoms with van der Waals surface area (Å²) in [6, 6.07) is 8.73. The minimum atomic E-state index is 0.372. The fourth-order valence-electron chi connectivity index (χ4n) is 2.06. The first-order chi connectivity index (χ1) is 8.99. The van der Waals surface area contributed by atoms with E-state index in [2.05, 4.69) is 56.9 Å². The van der Waals surface area contributed by atoms with Gasteiger partial charge in [0.15, 0.2) is 0 Å². The molecule has 0 fully saturated rings. The van der Waals surface area contributed by atoms with E-state index >= 15 is 0 Å². The highest BCUT2D eigenvalue weighted by molar-refractivity contribution is 8.00. The molecule has 1 N–H and O–H groups in total. The van der Waals surface area contributed by atoms with Gasteiger partial charge in [-0.1, -0.05) is 39.8 Å². The summed E-state index contributed by atoms with van der Waals surface area (Å²) in [5, 5.41) is 4.65. The topological polar surface area (TPSA) is 21.3 Å². The molecule has 0 heterocycles. The lowest BCUT2D eigenvalue weighted by Crippen LogP contribution is -2.27. The molecule has 0 aliphatic carbocycles. The van der Waals surface area contributed by atoms with Crippen LogP contribution in [0.3, 0.4) is 0 Å². The van der Waals surface area contributed by atoms with Crippen molar-refractivity contribution in [2.75, 3.05) is 14.2 Å². The number of ether oxygens (including phenoxy) is 1. The Kier molecular flexibility index (Phi) is 6.73. The van der Waals surface area contributed by atoms with Crippen molar-refractivity contribution in [2.24, 2.45) is 5.92 Å². The molecule has 0 aliphatic heterocycles. The van der Waals surface area contributed by atoms with Crippen LogP contribution in [-0.2, 0) is 0 Å². The minimum Gasteiger partial charge on any atom is -0.497 e. The van der Waals surface area contributed by atoms with Gasteiger partial charge in [-0.05, 0) is 30.7 Å². The van der Waals surface area contributed by atoms with E-state index in [0.29, 0.717) is 22.5 Å². The van der Waals surface area contributed by atoms with Crippen molar-refractivity contribution in [3.05, 3.63) is 29.8 Å². The lowest BCUT2D eigenvalue weighted by molar-refractivity contribution is 0.414. The molecular formula is C16H27NOS. The zero-order valence-electron chi connectivity index (χ0n) is 12.9. The van der Waals surface area contributed by atoms with Gasteiger partial charge in [0.2, 0.25) is 0 Å². The van der Waals surface area contributed by atoms with E-state index in [1.807, 2.05) is 19.2 Å². The molecule has 1 rings (SSSR count). The summed E-state index contributed by atoms with van der Waals surface area (Å²) in [6.07, 6.45) is 0. The smallest absolute Gasteiger partial charge is 0.118 e. The molecule has 0 aliphatic rings. The highest BCUT2D eigenvalue weighted by Crippen LogP contribution is 2.32. The third kappa shape index (κ3) is 4.73. The van der Waals surface area contributed by atoms with E-state index in [0.717, 1.165) is 5.75 Å². The SMILES string of the molecule is CNC(c1ccc(OC)cc1)C(C)SC(C)C(C)C. The van der Waals surface area contributed by atoms with Crippen molar-refractivity contribution in [2.45, 2.75) is 44.2 Å². The highest BCUT2D eigenvalue weighted by Gasteiger charge is 2.21. The first-order valence-corrected chi connectivity index (χ1v) is 7.90. The monoisotopic (exact) mass is 281 g/mol. The van der Waals surface area contributed by atoms with Crippen molar-refractivity contribution in [1.29, 1.82) is 0 Å². The molecular weight excluding hydrogens is 254 g/mol. The fourth-order valence-corrected chi connectivity index (χ4v) is 3.50. The van der Waals surface area contributed by atoms with Gasteiger partial charge in [-0.25, -0.2) is 0 Å². The molecule has 0 amide bonds. The van der Waals surface area contributed by atoms with Crippen molar-refractivity contribution in [3.63, 3.8) is 0 Å². The Balaban J connectivity index is 2.75. The van der Waals surface area contributed by atoms with Gasteiger partial charge in [0.25, 0.3) is 0 Å². The number of nitrogens with one attached hydrogen (secondary N) is 1. The molecule has 0 aromatic heterocycles. The van der Waals surface area contributed by atoms with Crippen LogP contribution in [0.5, 0.6) is 5.75 Å². The van der Waals surface area contributed by atoms with Crippen LogP contribution in [0.4, 0.5) is 0 Å². The second-order valence-electron chi connectivity index (χ2n) is 5.33. The standard InChI is InChI=1S/C16H27NOS/c1-11(2)12(3)19-13(4)16(17-5)14-7-9-15(18-6)10-8-14/h7-13,16-17H,1-6H3. The third-order valence-corrected chi connectivity index (χ3v) is 5.30. The van der Waals surface area contributed by atoms with Crippen LogP contribution >= 0.6 is 11.8 Å². The fraction of sp³-hybridized carbons (Fsp3) is 0.625. The average Bonchev–Trinajstić information content (AvgIpc) is 2.40. The number of rotatable bonds is 7. The average molecular weight is 281 g/mol. The van der Waals surface area contributed by atoms with Crippen LogP contribution in [0.15, 0.2) is 24.3 Å². The summed E-state index contributed by atoms with van der Waals surface area (Å²) in [4.78, 5) is 0. The minimum absolute atomic E-state index is 0.372. The number of methoxy groups -OCH3 is 1. The second-order valence-corrected chi connectivity index (χ2v) is 7.09. The molecule has 3 unspecified atom stereocenters. The van der Waals surface area contributed by atoms with Crippen molar-refractivity contribution in [1.82, 2.24) is 5.32 Å². The Morgan fingerprint density at radius 2 is 1.58 bits per heavy atom.